The van der Waals surface area contributed by atoms with Gasteiger partial charge in [0.1, 0.15) is 0 Å². The first kappa shape index (κ1) is 14.0. The molecule has 96 valence electrons. The van der Waals surface area contributed by atoms with E-state index in [-0.39, 0.29) is 11.3 Å². The van der Waals surface area contributed by atoms with E-state index in [9.17, 15) is 4.79 Å². The number of aromatic nitrogens is 2. The summed E-state index contributed by atoms with van der Waals surface area (Å²) in [5.74, 6) is 0.435. The van der Waals surface area contributed by atoms with Gasteiger partial charge in [0.15, 0.2) is 0 Å². The second-order valence-electron chi connectivity index (χ2n) is 5.15. The van der Waals surface area contributed by atoms with Gasteiger partial charge in [-0.1, -0.05) is 13.8 Å². The predicted octanol–water partition coefficient (Wildman–Crippen LogP) is 2.03. The van der Waals surface area contributed by atoms with Gasteiger partial charge in [0.25, 0.3) is 5.91 Å². The zero-order chi connectivity index (χ0) is 13.2. The molecule has 17 heavy (non-hydrogen) atoms. The van der Waals surface area contributed by atoms with E-state index in [1.54, 1.807) is 4.68 Å². The van der Waals surface area contributed by atoms with Gasteiger partial charge in [-0.25, -0.2) is 0 Å². The van der Waals surface area contributed by atoms with Crippen LogP contribution in [-0.2, 0) is 7.05 Å². The first-order valence-corrected chi connectivity index (χ1v) is 6.16. The first-order chi connectivity index (χ1) is 7.78. The van der Waals surface area contributed by atoms with Crippen molar-refractivity contribution >= 4 is 17.5 Å². The van der Waals surface area contributed by atoms with E-state index >= 15 is 0 Å². The molecule has 1 amide bonds. The summed E-state index contributed by atoms with van der Waals surface area (Å²) in [7, 11) is 1.84. The van der Waals surface area contributed by atoms with Crippen LogP contribution in [0.4, 0.5) is 0 Å². The fourth-order valence-electron chi connectivity index (χ4n) is 1.56. The highest BCUT2D eigenvalue weighted by Gasteiger charge is 2.21. The lowest BCUT2D eigenvalue weighted by molar-refractivity contribution is 0.0938. The number of hydrogen-bond acceptors (Lipinski definition) is 2. The normalized spacial score (nSPS) is 11.6. The number of carbonyl (C=O) groups excluding carboxylic acids is 1. The SMILES string of the molecule is Cc1nn(C)c(C)c1C(=O)NCC(C)(C)CCl. The minimum absolute atomic E-state index is 0.0775. The number of aryl methyl sites for hydroxylation is 2. The lowest BCUT2D eigenvalue weighted by Crippen LogP contribution is -2.35. The van der Waals surface area contributed by atoms with Crippen LogP contribution < -0.4 is 5.32 Å². The first-order valence-electron chi connectivity index (χ1n) is 5.63. The van der Waals surface area contributed by atoms with Gasteiger partial charge < -0.3 is 5.32 Å². The summed E-state index contributed by atoms with van der Waals surface area (Å²) < 4.78 is 1.72. The molecular weight excluding hydrogens is 238 g/mol. The molecule has 0 aromatic carbocycles. The Balaban J connectivity index is 2.78. The van der Waals surface area contributed by atoms with E-state index in [0.717, 1.165) is 11.4 Å². The Hall–Kier alpha value is -1.03. The van der Waals surface area contributed by atoms with E-state index in [2.05, 4.69) is 10.4 Å². The maximum Gasteiger partial charge on any atom is 0.255 e. The van der Waals surface area contributed by atoms with Gasteiger partial charge >= 0.3 is 0 Å². The molecule has 0 saturated heterocycles. The summed E-state index contributed by atoms with van der Waals surface area (Å²) in [5, 5.41) is 7.13. The fraction of sp³-hybridized carbons (Fsp3) is 0.667. The summed E-state index contributed by atoms with van der Waals surface area (Å²) in [6, 6.07) is 0. The molecule has 0 fully saturated rings. The molecule has 5 heteroatoms. The van der Waals surface area contributed by atoms with Crippen molar-refractivity contribution < 1.29 is 4.79 Å². The van der Waals surface area contributed by atoms with Gasteiger partial charge in [0.2, 0.25) is 0 Å². The van der Waals surface area contributed by atoms with Gasteiger partial charge in [-0.15, -0.1) is 11.6 Å². The van der Waals surface area contributed by atoms with Gasteiger partial charge in [0.05, 0.1) is 11.3 Å². The Bertz CT molecular complexity index is 424. The lowest BCUT2D eigenvalue weighted by Gasteiger charge is -2.21. The summed E-state index contributed by atoms with van der Waals surface area (Å²) in [5.41, 5.74) is 2.20. The largest absolute Gasteiger partial charge is 0.351 e. The highest BCUT2D eigenvalue weighted by Crippen LogP contribution is 2.16. The third kappa shape index (κ3) is 3.22. The van der Waals surface area contributed by atoms with Crippen LogP contribution in [0.3, 0.4) is 0 Å². The van der Waals surface area contributed by atoms with Crippen molar-refractivity contribution in [2.24, 2.45) is 12.5 Å². The van der Waals surface area contributed by atoms with E-state index in [4.69, 9.17) is 11.6 Å². The number of nitrogens with zero attached hydrogens (tertiary/aromatic N) is 2. The monoisotopic (exact) mass is 257 g/mol. The van der Waals surface area contributed by atoms with Crippen molar-refractivity contribution in [1.29, 1.82) is 0 Å². The number of carbonyl (C=O) groups is 1. The van der Waals surface area contributed by atoms with Crippen molar-refractivity contribution in [2.45, 2.75) is 27.7 Å². The Morgan fingerprint density at radius 1 is 1.47 bits per heavy atom. The number of rotatable bonds is 4. The predicted molar refractivity (Wildman–Crippen MR) is 69.5 cm³/mol. The van der Waals surface area contributed by atoms with E-state index in [1.165, 1.54) is 0 Å². The smallest absolute Gasteiger partial charge is 0.255 e. The molecule has 1 aromatic heterocycles. The van der Waals surface area contributed by atoms with Crippen molar-refractivity contribution in [3.8, 4) is 0 Å². The Morgan fingerprint density at radius 3 is 2.47 bits per heavy atom. The van der Waals surface area contributed by atoms with Gasteiger partial charge in [-0.05, 0) is 19.3 Å². The molecule has 1 heterocycles. The molecule has 0 atom stereocenters. The quantitative estimate of drug-likeness (QED) is 0.839. The second kappa shape index (κ2) is 5.08. The molecule has 0 aliphatic heterocycles. The maximum atomic E-state index is 12.1. The fourth-order valence-corrected chi connectivity index (χ4v) is 1.65. The molecule has 1 rings (SSSR count). The summed E-state index contributed by atoms with van der Waals surface area (Å²) in [6.45, 7) is 8.33. The molecule has 1 aromatic rings. The zero-order valence-corrected chi connectivity index (χ0v) is 11.9. The minimum Gasteiger partial charge on any atom is -0.351 e. The van der Waals surface area contributed by atoms with E-state index in [0.29, 0.717) is 18.0 Å². The molecule has 1 N–H and O–H groups in total. The van der Waals surface area contributed by atoms with E-state index in [1.807, 2.05) is 34.7 Å². The Morgan fingerprint density at radius 2 is 2.06 bits per heavy atom. The van der Waals surface area contributed by atoms with Gasteiger partial charge in [-0.3, -0.25) is 9.48 Å². The minimum atomic E-state index is -0.0960. The van der Waals surface area contributed by atoms with Crippen LogP contribution in [-0.4, -0.2) is 28.1 Å². The zero-order valence-electron chi connectivity index (χ0n) is 11.1. The molecule has 0 unspecified atom stereocenters. The Kier molecular flexibility index (Phi) is 4.20. The average Bonchev–Trinajstić information content (AvgIpc) is 2.50. The summed E-state index contributed by atoms with van der Waals surface area (Å²) in [4.78, 5) is 12.1. The highest BCUT2D eigenvalue weighted by molar-refractivity contribution is 6.18. The highest BCUT2D eigenvalue weighted by atomic mass is 35.5. The van der Waals surface area contributed by atoms with Crippen molar-refractivity contribution in [2.75, 3.05) is 12.4 Å². The molecule has 0 radical (unpaired) electrons. The second-order valence-corrected chi connectivity index (χ2v) is 5.42. The molecule has 0 spiro atoms. The summed E-state index contributed by atoms with van der Waals surface area (Å²) in [6.07, 6.45) is 0. The molecule has 0 aliphatic carbocycles. The van der Waals surface area contributed by atoms with Crippen LogP contribution in [0, 0.1) is 19.3 Å². The lowest BCUT2D eigenvalue weighted by atomic mass is 9.96. The number of halogens is 1. The van der Waals surface area contributed by atoms with Crippen molar-refractivity contribution in [1.82, 2.24) is 15.1 Å². The van der Waals surface area contributed by atoms with Crippen LogP contribution in [0.15, 0.2) is 0 Å². The topological polar surface area (TPSA) is 46.9 Å². The Labute approximate surface area is 107 Å². The molecule has 0 aliphatic rings. The third-order valence-electron chi connectivity index (χ3n) is 2.83. The number of amides is 1. The van der Waals surface area contributed by atoms with Crippen LogP contribution in [0.25, 0.3) is 0 Å². The molecule has 4 nitrogen and oxygen atoms in total. The molecule has 0 bridgehead atoms. The molecular formula is C12H20ClN3O. The van der Waals surface area contributed by atoms with Crippen LogP contribution in [0.2, 0.25) is 0 Å². The van der Waals surface area contributed by atoms with Gasteiger partial charge in [-0.2, -0.15) is 5.10 Å². The average molecular weight is 258 g/mol. The van der Waals surface area contributed by atoms with Gasteiger partial charge in [0, 0.05) is 25.2 Å². The number of alkyl halides is 1. The summed E-state index contributed by atoms with van der Waals surface area (Å²) >= 11 is 5.82. The molecule has 0 saturated carbocycles. The maximum absolute atomic E-state index is 12.1. The van der Waals surface area contributed by atoms with E-state index < -0.39 is 0 Å². The number of hydrogen-bond donors (Lipinski definition) is 1. The number of nitrogens with one attached hydrogen (secondary N) is 1. The third-order valence-corrected chi connectivity index (χ3v) is 3.55. The van der Waals surface area contributed by atoms with Crippen LogP contribution in [0.1, 0.15) is 35.6 Å². The van der Waals surface area contributed by atoms with Crippen molar-refractivity contribution in [3.63, 3.8) is 0 Å². The standard InChI is InChI=1S/C12H20ClN3O/c1-8-10(9(2)16(5)15-8)11(17)14-7-12(3,4)6-13/h6-7H2,1-5H3,(H,14,17). The van der Waals surface area contributed by atoms with Crippen molar-refractivity contribution in [3.05, 3.63) is 17.0 Å². The van der Waals surface area contributed by atoms with Crippen LogP contribution >= 0.6 is 11.6 Å². The van der Waals surface area contributed by atoms with Crippen LogP contribution in [0.5, 0.6) is 0 Å².